The van der Waals surface area contributed by atoms with Crippen LogP contribution in [-0.4, -0.2) is 4.57 Å². The Labute approximate surface area is 176 Å². The first kappa shape index (κ1) is 17.2. The molecule has 2 aromatic heterocycles. The highest BCUT2D eigenvalue weighted by Gasteiger charge is 2.19. The van der Waals surface area contributed by atoms with Gasteiger partial charge in [-0.25, -0.2) is 4.39 Å². The number of hydrogen-bond acceptors (Lipinski definition) is 2. The normalized spacial score (nSPS) is 11.6. The first-order chi connectivity index (χ1) is 14.7. The smallest absolute Gasteiger partial charge is 0.146 e. The number of halogens is 1. The number of aromatic nitrogens is 1. The molecule has 0 aliphatic carbocycles. The minimum Gasteiger partial charge on any atom is -0.308 e. The quantitative estimate of drug-likeness (QED) is 0.278. The Bertz CT molecular complexity index is 1680. The van der Waals surface area contributed by atoms with Crippen molar-refractivity contribution in [1.82, 2.24) is 4.57 Å². The lowest BCUT2D eigenvalue weighted by Crippen LogP contribution is -2.01. The number of thiophene rings is 1. The number of hydrogen-bond donors (Lipinski definition) is 0. The van der Waals surface area contributed by atoms with E-state index < -0.39 is 5.82 Å². The Morgan fingerprint density at radius 3 is 2.40 bits per heavy atom. The van der Waals surface area contributed by atoms with Crippen LogP contribution in [0.15, 0.2) is 72.8 Å². The maximum Gasteiger partial charge on any atom is 0.146 e. The number of nitriles is 1. The third kappa shape index (κ3) is 2.21. The summed E-state index contributed by atoms with van der Waals surface area (Å²) in [6.07, 6.45) is 0. The topological polar surface area (TPSA) is 28.7 Å². The van der Waals surface area contributed by atoms with Gasteiger partial charge in [-0.2, -0.15) is 5.26 Å². The second-order valence-corrected chi connectivity index (χ2v) is 8.60. The van der Waals surface area contributed by atoms with E-state index in [2.05, 4.69) is 48.5 Å². The van der Waals surface area contributed by atoms with E-state index in [0.717, 1.165) is 21.8 Å². The molecular formula is C26H15FN2S. The number of benzene rings is 4. The Morgan fingerprint density at radius 1 is 0.800 bits per heavy atom. The van der Waals surface area contributed by atoms with Crippen molar-refractivity contribution in [3.63, 3.8) is 0 Å². The van der Waals surface area contributed by atoms with Gasteiger partial charge in [0.2, 0.25) is 0 Å². The lowest BCUT2D eigenvalue weighted by molar-refractivity contribution is 0.613. The second kappa shape index (κ2) is 6.16. The molecule has 0 fully saturated rings. The summed E-state index contributed by atoms with van der Waals surface area (Å²) in [6.45, 7) is 1.69. The van der Waals surface area contributed by atoms with Crippen LogP contribution in [0.5, 0.6) is 0 Å². The average Bonchev–Trinajstić information content (AvgIpc) is 3.29. The zero-order valence-electron chi connectivity index (χ0n) is 16.1. The zero-order valence-corrected chi connectivity index (χ0v) is 16.9. The highest BCUT2D eigenvalue weighted by molar-refractivity contribution is 7.25. The Kier molecular flexibility index (Phi) is 3.53. The molecule has 0 unspecified atom stereocenters. The number of rotatable bonds is 1. The van der Waals surface area contributed by atoms with E-state index in [0.29, 0.717) is 11.3 Å². The molecule has 4 heteroatoms. The van der Waals surface area contributed by atoms with E-state index in [4.69, 9.17) is 0 Å². The summed E-state index contributed by atoms with van der Waals surface area (Å²) in [6, 6.07) is 26.6. The highest BCUT2D eigenvalue weighted by Crippen LogP contribution is 2.41. The molecule has 4 aromatic carbocycles. The standard InChI is InChI=1S/C26H15FN2S/c1-15-10-11-22(20(14-28)26(15)27)29-21-8-4-2-6-16(21)18-12-19-17-7-3-5-9-24(17)30-25(19)13-23(18)29/h2-13H,1H3. The summed E-state index contributed by atoms with van der Waals surface area (Å²) < 4.78 is 19.3. The minimum absolute atomic E-state index is 0.0779. The lowest BCUT2D eigenvalue weighted by atomic mass is 10.1. The fraction of sp³-hybridized carbons (Fsp3) is 0.0385. The molecule has 30 heavy (non-hydrogen) atoms. The first-order valence-corrected chi connectivity index (χ1v) is 10.5. The fourth-order valence-electron chi connectivity index (χ4n) is 4.41. The van der Waals surface area contributed by atoms with E-state index in [1.165, 1.54) is 20.2 Å². The van der Waals surface area contributed by atoms with Crippen molar-refractivity contribution in [2.24, 2.45) is 0 Å². The molecule has 0 radical (unpaired) electrons. The molecule has 0 aliphatic rings. The first-order valence-electron chi connectivity index (χ1n) is 9.71. The molecule has 0 amide bonds. The van der Waals surface area contributed by atoms with Crippen LogP contribution >= 0.6 is 11.3 Å². The van der Waals surface area contributed by atoms with Crippen LogP contribution in [0.25, 0.3) is 47.7 Å². The average molecular weight is 406 g/mol. The third-order valence-electron chi connectivity index (χ3n) is 5.84. The molecule has 2 heterocycles. The van der Waals surface area contributed by atoms with Crippen molar-refractivity contribution >= 4 is 53.3 Å². The zero-order chi connectivity index (χ0) is 20.4. The van der Waals surface area contributed by atoms with Gasteiger partial charge < -0.3 is 4.57 Å². The Hall–Kier alpha value is -3.68. The number of nitrogens with zero attached hydrogens (tertiary/aromatic N) is 2. The maximum atomic E-state index is 14.8. The van der Waals surface area contributed by atoms with Crippen molar-refractivity contribution in [3.05, 3.63) is 89.7 Å². The van der Waals surface area contributed by atoms with Crippen LogP contribution in [0.1, 0.15) is 11.1 Å². The van der Waals surface area contributed by atoms with Crippen molar-refractivity contribution < 1.29 is 4.39 Å². The largest absolute Gasteiger partial charge is 0.308 e. The van der Waals surface area contributed by atoms with Crippen molar-refractivity contribution in [2.45, 2.75) is 6.92 Å². The molecule has 6 aromatic rings. The van der Waals surface area contributed by atoms with E-state index in [1.807, 2.05) is 28.8 Å². The molecule has 0 saturated heterocycles. The molecule has 0 spiro atoms. The van der Waals surface area contributed by atoms with Gasteiger partial charge in [0.15, 0.2) is 0 Å². The molecule has 2 nitrogen and oxygen atoms in total. The van der Waals surface area contributed by atoms with Gasteiger partial charge in [-0.05, 0) is 42.8 Å². The number of fused-ring (bicyclic) bond motifs is 6. The predicted octanol–water partition coefficient (Wildman–Crippen LogP) is 7.47. The van der Waals surface area contributed by atoms with Gasteiger partial charge in [0.05, 0.1) is 16.7 Å². The molecule has 0 N–H and O–H groups in total. The highest BCUT2D eigenvalue weighted by atomic mass is 32.1. The van der Waals surface area contributed by atoms with E-state index in [9.17, 15) is 9.65 Å². The van der Waals surface area contributed by atoms with E-state index in [-0.39, 0.29) is 5.56 Å². The SMILES string of the molecule is Cc1ccc(-n2c3ccccc3c3cc4c(cc32)sc2ccccc24)c(C#N)c1F. The van der Waals surface area contributed by atoms with Gasteiger partial charge in [0.1, 0.15) is 17.4 Å². The molecule has 0 aliphatic heterocycles. The minimum atomic E-state index is -0.455. The maximum absolute atomic E-state index is 14.8. The van der Waals surface area contributed by atoms with Crippen LogP contribution < -0.4 is 0 Å². The van der Waals surface area contributed by atoms with Crippen molar-refractivity contribution in [3.8, 4) is 11.8 Å². The molecule has 0 atom stereocenters. The fourth-order valence-corrected chi connectivity index (χ4v) is 5.53. The van der Waals surface area contributed by atoms with Crippen LogP contribution in [-0.2, 0) is 0 Å². The van der Waals surface area contributed by atoms with Crippen molar-refractivity contribution in [2.75, 3.05) is 0 Å². The Balaban J connectivity index is 1.83. The number of para-hydroxylation sites is 1. The van der Waals surface area contributed by atoms with Crippen LogP contribution in [0.4, 0.5) is 4.39 Å². The summed E-state index contributed by atoms with van der Waals surface area (Å²) in [4.78, 5) is 0. The summed E-state index contributed by atoms with van der Waals surface area (Å²) in [5.74, 6) is -0.455. The van der Waals surface area contributed by atoms with Crippen molar-refractivity contribution in [1.29, 1.82) is 5.26 Å². The van der Waals surface area contributed by atoms with E-state index in [1.54, 1.807) is 24.3 Å². The predicted molar refractivity (Wildman–Crippen MR) is 123 cm³/mol. The molecule has 0 saturated carbocycles. The van der Waals surface area contributed by atoms with E-state index >= 15 is 0 Å². The molecule has 0 bridgehead atoms. The van der Waals surface area contributed by atoms with Gasteiger partial charge in [0, 0.05) is 30.9 Å². The Morgan fingerprint density at radius 2 is 1.57 bits per heavy atom. The number of aryl methyl sites for hydroxylation is 1. The van der Waals surface area contributed by atoms with Gasteiger partial charge in [-0.3, -0.25) is 0 Å². The van der Waals surface area contributed by atoms with Gasteiger partial charge in [-0.1, -0.05) is 42.5 Å². The monoisotopic (exact) mass is 406 g/mol. The summed E-state index contributed by atoms with van der Waals surface area (Å²) >= 11 is 1.75. The third-order valence-corrected chi connectivity index (χ3v) is 6.97. The van der Waals surface area contributed by atoms with Gasteiger partial charge in [-0.15, -0.1) is 11.3 Å². The molecular weight excluding hydrogens is 391 g/mol. The molecule has 6 rings (SSSR count). The van der Waals surface area contributed by atoms with Gasteiger partial charge in [0.25, 0.3) is 0 Å². The van der Waals surface area contributed by atoms with Gasteiger partial charge >= 0.3 is 0 Å². The van der Waals surface area contributed by atoms with Crippen LogP contribution in [0, 0.1) is 24.1 Å². The molecule has 142 valence electrons. The lowest BCUT2D eigenvalue weighted by Gasteiger charge is -2.11. The van der Waals surface area contributed by atoms with Crippen LogP contribution in [0.2, 0.25) is 0 Å². The summed E-state index contributed by atoms with van der Waals surface area (Å²) in [7, 11) is 0. The summed E-state index contributed by atoms with van der Waals surface area (Å²) in [5, 5.41) is 14.4. The summed E-state index contributed by atoms with van der Waals surface area (Å²) in [5.41, 5.74) is 3.08. The van der Waals surface area contributed by atoms with Crippen LogP contribution in [0.3, 0.4) is 0 Å². The second-order valence-electron chi connectivity index (χ2n) is 7.52.